The summed E-state index contributed by atoms with van der Waals surface area (Å²) < 4.78 is 23.9. The fraction of sp³-hybridized carbons (Fsp3) is 0.273. The normalized spacial score (nSPS) is 23.8. The van der Waals surface area contributed by atoms with Crippen molar-refractivity contribution in [1.82, 2.24) is 13.9 Å². The van der Waals surface area contributed by atoms with E-state index in [2.05, 4.69) is 0 Å². The van der Waals surface area contributed by atoms with Crippen LogP contribution in [0.3, 0.4) is 0 Å². The van der Waals surface area contributed by atoms with Crippen LogP contribution in [0.1, 0.15) is 30.9 Å². The Morgan fingerprint density at radius 3 is 2.44 bits per heavy atom. The molecule has 230 valence electrons. The average Bonchev–Trinajstić information content (AvgIpc) is 3.41. The maximum atomic E-state index is 14.5. The maximum absolute atomic E-state index is 14.5. The third kappa shape index (κ3) is 4.17. The van der Waals surface area contributed by atoms with E-state index in [4.69, 9.17) is 16.3 Å². The van der Waals surface area contributed by atoms with Crippen molar-refractivity contribution in [3.05, 3.63) is 122 Å². The number of ether oxygens (including phenoxy) is 1. The molecule has 3 heterocycles. The first kappa shape index (κ1) is 29.0. The number of benzene rings is 3. The molecule has 7 rings (SSSR count). The molecule has 12 heteroatoms. The molecule has 2 amide bonds. The van der Waals surface area contributed by atoms with Gasteiger partial charge in [-0.25, -0.2) is 32.8 Å². The lowest BCUT2D eigenvalue weighted by Gasteiger charge is -2.47. The van der Waals surface area contributed by atoms with E-state index in [9.17, 15) is 28.7 Å². The first-order valence-corrected chi connectivity index (χ1v) is 14.9. The molecule has 2 fully saturated rings. The largest absolute Gasteiger partial charge is 0.491 e. The van der Waals surface area contributed by atoms with Crippen LogP contribution in [0.15, 0.2) is 94.0 Å². The highest BCUT2D eigenvalue weighted by Crippen LogP contribution is 2.62. The number of allylic oxidation sites excluding steroid dienone is 2. The number of imide groups is 1. The number of nitrogens with zero attached hydrogens (tertiary/aromatic N) is 4. The third-order valence-electron chi connectivity index (χ3n) is 9.29. The number of rotatable bonds is 6. The lowest BCUT2D eigenvalue weighted by molar-refractivity contribution is -0.129. The number of hydrogen-bond donors (Lipinski definition) is 1. The number of hydrogen-bond acceptors (Lipinski definition) is 6. The van der Waals surface area contributed by atoms with E-state index >= 15 is 0 Å². The lowest BCUT2D eigenvalue weighted by atomic mass is 9.56. The van der Waals surface area contributed by atoms with Crippen LogP contribution >= 0.6 is 11.6 Å². The molecule has 1 saturated heterocycles. The molecule has 45 heavy (non-hydrogen) atoms. The lowest BCUT2D eigenvalue weighted by Crippen LogP contribution is -2.49. The topological polar surface area (TPSA) is 116 Å². The predicted molar refractivity (Wildman–Crippen MR) is 163 cm³/mol. The van der Waals surface area contributed by atoms with E-state index in [0.29, 0.717) is 22.6 Å². The molecule has 2 aliphatic heterocycles. The van der Waals surface area contributed by atoms with Gasteiger partial charge in [0.15, 0.2) is 0 Å². The molecule has 4 atom stereocenters. The Kier molecular flexibility index (Phi) is 6.90. The summed E-state index contributed by atoms with van der Waals surface area (Å²) in [7, 11) is 0. The van der Waals surface area contributed by atoms with Crippen molar-refractivity contribution in [2.75, 3.05) is 18.1 Å². The van der Waals surface area contributed by atoms with Gasteiger partial charge in [0.05, 0.1) is 46.9 Å². The van der Waals surface area contributed by atoms with Gasteiger partial charge in [0.2, 0.25) is 11.8 Å². The van der Waals surface area contributed by atoms with Crippen LogP contribution in [0.25, 0.3) is 5.69 Å². The Morgan fingerprint density at radius 2 is 1.71 bits per heavy atom. The fourth-order valence-electron chi connectivity index (χ4n) is 7.30. The van der Waals surface area contributed by atoms with E-state index in [0.717, 1.165) is 15.5 Å². The molecule has 1 aromatic heterocycles. The average molecular weight is 631 g/mol. The number of carbonyl (C=O) groups excluding carboxylic acids is 2. The van der Waals surface area contributed by atoms with Crippen molar-refractivity contribution in [2.24, 2.45) is 11.3 Å². The minimum absolute atomic E-state index is 0.00163. The van der Waals surface area contributed by atoms with Gasteiger partial charge in [-0.05, 0) is 55.3 Å². The van der Waals surface area contributed by atoms with Gasteiger partial charge in [-0.15, -0.1) is 0 Å². The molecular formula is C33H28ClFN4O6. The second-order valence-electron chi connectivity index (χ2n) is 11.6. The molecule has 0 bridgehead atoms. The summed E-state index contributed by atoms with van der Waals surface area (Å²) in [6, 6.07) is 18.6. The van der Waals surface area contributed by atoms with Gasteiger partial charge in [-0.3, -0.25) is 9.59 Å². The minimum atomic E-state index is -1.35. The number of fused-ring (bicyclic) bond motifs is 4. The monoisotopic (exact) mass is 630 g/mol. The number of halogens is 2. The molecule has 1 N–H and O–H groups in total. The van der Waals surface area contributed by atoms with Crippen LogP contribution in [0.5, 0.6) is 5.75 Å². The summed E-state index contributed by atoms with van der Waals surface area (Å²) in [5.74, 6) is -2.98. The van der Waals surface area contributed by atoms with Crippen LogP contribution in [-0.4, -0.2) is 44.1 Å². The van der Waals surface area contributed by atoms with Crippen molar-refractivity contribution in [1.29, 1.82) is 0 Å². The molecule has 0 unspecified atom stereocenters. The summed E-state index contributed by atoms with van der Waals surface area (Å²) in [5, 5.41) is 9.27. The number of aromatic nitrogens is 3. The Morgan fingerprint density at radius 1 is 0.978 bits per heavy atom. The maximum Gasteiger partial charge on any atom is 0.352 e. The summed E-state index contributed by atoms with van der Waals surface area (Å²) >= 11 is 6.07. The number of aliphatic hydroxyl groups is 1. The van der Waals surface area contributed by atoms with Crippen molar-refractivity contribution < 1.29 is 23.8 Å². The zero-order valence-electron chi connectivity index (χ0n) is 24.1. The van der Waals surface area contributed by atoms with Gasteiger partial charge in [0.1, 0.15) is 18.2 Å². The number of amides is 2. The minimum Gasteiger partial charge on any atom is -0.491 e. The van der Waals surface area contributed by atoms with E-state index in [-0.39, 0.29) is 36.9 Å². The Hall–Kier alpha value is -4.74. The van der Waals surface area contributed by atoms with Gasteiger partial charge in [0.25, 0.3) is 0 Å². The number of carbonyl (C=O) groups is 2. The van der Waals surface area contributed by atoms with Gasteiger partial charge in [-0.1, -0.05) is 54.1 Å². The molecule has 4 aromatic rings. The van der Waals surface area contributed by atoms with Crippen LogP contribution in [0.4, 0.5) is 10.1 Å². The van der Waals surface area contributed by atoms with Gasteiger partial charge >= 0.3 is 11.4 Å². The number of anilines is 1. The van der Waals surface area contributed by atoms with Crippen molar-refractivity contribution in [2.45, 2.75) is 31.8 Å². The Balaban J connectivity index is 1.44. The molecule has 3 aromatic carbocycles. The second-order valence-corrected chi connectivity index (χ2v) is 12.0. The van der Waals surface area contributed by atoms with Gasteiger partial charge in [-0.2, -0.15) is 0 Å². The van der Waals surface area contributed by atoms with Crippen molar-refractivity contribution in [3.8, 4) is 11.4 Å². The van der Waals surface area contributed by atoms with Crippen LogP contribution < -0.4 is 21.0 Å². The molecule has 1 aliphatic carbocycles. The molecule has 0 spiro atoms. The quantitative estimate of drug-likeness (QED) is 0.256. The van der Waals surface area contributed by atoms with Crippen molar-refractivity contribution >= 4 is 29.1 Å². The number of para-hydroxylation sites is 2. The summed E-state index contributed by atoms with van der Waals surface area (Å²) in [6.45, 7) is 1.55. The highest BCUT2D eigenvalue weighted by Gasteiger charge is 2.65. The summed E-state index contributed by atoms with van der Waals surface area (Å²) in [5.41, 5.74) is -0.594. The SMILES string of the molecule is C[C@@]12C(=O)N(c3ccc(F)c(Cl)c3)C(=O)[C@@H]1C[C@@H]1C(=CCn3c(=O)n(-c4ccccc4)c(=O)n31)[C@@H]2c1ccccc1OCCO. The van der Waals surface area contributed by atoms with E-state index in [1.54, 1.807) is 61.5 Å². The third-order valence-corrected chi connectivity index (χ3v) is 9.58. The molecule has 3 aliphatic rings. The van der Waals surface area contributed by atoms with E-state index in [1.807, 2.05) is 6.08 Å². The number of aliphatic hydroxyl groups excluding tert-OH is 1. The zero-order valence-corrected chi connectivity index (χ0v) is 24.9. The molecular weight excluding hydrogens is 603 g/mol. The molecule has 10 nitrogen and oxygen atoms in total. The Labute approximate surface area is 261 Å². The predicted octanol–water partition coefficient (Wildman–Crippen LogP) is 3.83. The zero-order chi connectivity index (χ0) is 31.6. The van der Waals surface area contributed by atoms with E-state index < -0.39 is 52.3 Å². The van der Waals surface area contributed by atoms with Crippen molar-refractivity contribution in [3.63, 3.8) is 0 Å². The summed E-state index contributed by atoms with van der Waals surface area (Å²) in [4.78, 5) is 57.5. The first-order chi connectivity index (χ1) is 21.7. The first-order valence-electron chi connectivity index (χ1n) is 14.5. The fourth-order valence-corrected chi connectivity index (χ4v) is 7.47. The van der Waals surface area contributed by atoms with E-state index in [1.165, 1.54) is 21.5 Å². The molecule has 1 saturated carbocycles. The Bertz CT molecular complexity index is 2020. The smallest absolute Gasteiger partial charge is 0.352 e. The van der Waals surface area contributed by atoms with Gasteiger partial charge < -0.3 is 9.84 Å². The standard InChI is InChI=1S/C33H28ClFN4O6/c1-33-23(29(41)37(30(33)42)20-11-12-25(35)24(34)17-20)18-26-21(28(33)22-9-5-6-10-27(22)45-16-15-40)13-14-36-31(43)38(32(44)39(26)36)19-7-3-2-4-8-19/h2-13,17,23,26,28,40H,14-16,18H2,1H3/t23-,26+,28+,33+/m0/s1. The summed E-state index contributed by atoms with van der Waals surface area (Å²) in [6.07, 6.45) is 1.91. The second kappa shape index (κ2) is 10.7. The van der Waals surface area contributed by atoms with Crippen LogP contribution in [-0.2, 0) is 16.1 Å². The van der Waals surface area contributed by atoms with Gasteiger partial charge in [0, 0.05) is 11.5 Å². The highest BCUT2D eigenvalue weighted by atomic mass is 35.5. The molecule has 0 radical (unpaired) electrons. The van der Waals surface area contributed by atoms with Crippen LogP contribution in [0, 0.1) is 17.2 Å². The highest BCUT2D eigenvalue weighted by molar-refractivity contribution is 6.31. The van der Waals surface area contributed by atoms with Crippen LogP contribution in [0.2, 0.25) is 5.02 Å².